The minimum Gasteiger partial charge on any atom is -0.330 e. The molecule has 2 aromatic heterocycles. The monoisotopic (exact) mass is 238 g/mol. The molecule has 0 unspecified atom stereocenters. The van der Waals surface area contributed by atoms with Crippen molar-refractivity contribution in [2.45, 2.75) is 6.42 Å². The molecule has 3 rings (SSSR count). The third-order valence-corrected chi connectivity index (χ3v) is 2.94. The van der Waals surface area contributed by atoms with Crippen molar-refractivity contribution in [3.63, 3.8) is 0 Å². The van der Waals surface area contributed by atoms with E-state index in [4.69, 9.17) is 5.73 Å². The number of hydrogen-bond acceptors (Lipinski definition) is 3. The van der Waals surface area contributed by atoms with E-state index in [1.165, 1.54) is 0 Å². The molecule has 0 bridgehead atoms. The normalized spacial score (nSPS) is 10.9. The minimum absolute atomic E-state index is 0.630. The minimum atomic E-state index is 0.630. The molecule has 0 saturated heterocycles. The number of hydrogen-bond donors (Lipinski definition) is 1. The second-order valence-corrected chi connectivity index (χ2v) is 4.21. The van der Waals surface area contributed by atoms with E-state index in [0.29, 0.717) is 6.54 Å². The van der Waals surface area contributed by atoms with E-state index in [-0.39, 0.29) is 0 Å². The lowest BCUT2D eigenvalue weighted by atomic mass is 10.2. The van der Waals surface area contributed by atoms with Gasteiger partial charge < -0.3 is 5.73 Å². The molecular weight excluding hydrogens is 224 g/mol. The SMILES string of the molecule is NCCc1cncc(-n2ncc3ccccc32)c1. The highest BCUT2D eigenvalue weighted by atomic mass is 15.3. The number of pyridine rings is 1. The number of nitrogens with zero attached hydrogens (tertiary/aromatic N) is 3. The third-order valence-electron chi connectivity index (χ3n) is 2.94. The number of rotatable bonds is 3. The molecule has 3 aromatic rings. The maximum atomic E-state index is 5.57. The molecule has 4 nitrogen and oxygen atoms in total. The van der Waals surface area contributed by atoms with Crippen LogP contribution in [0.2, 0.25) is 0 Å². The van der Waals surface area contributed by atoms with E-state index in [2.05, 4.69) is 28.3 Å². The van der Waals surface area contributed by atoms with Gasteiger partial charge in [-0.05, 0) is 30.7 Å². The molecule has 90 valence electrons. The number of nitrogens with two attached hydrogens (primary N) is 1. The van der Waals surface area contributed by atoms with Crippen molar-refractivity contribution in [2.75, 3.05) is 6.54 Å². The quantitative estimate of drug-likeness (QED) is 0.758. The predicted molar refractivity (Wildman–Crippen MR) is 71.6 cm³/mol. The standard InChI is InChI=1S/C14H14N4/c15-6-5-11-7-13(10-16-8-11)18-14-4-2-1-3-12(14)9-17-18/h1-4,7-10H,5-6,15H2. The molecule has 0 atom stereocenters. The van der Waals surface area contributed by atoms with Crippen LogP contribution in [0.4, 0.5) is 0 Å². The zero-order valence-electron chi connectivity index (χ0n) is 9.95. The van der Waals surface area contributed by atoms with Crippen molar-refractivity contribution in [2.24, 2.45) is 5.73 Å². The Morgan fingerprint density at radius 1 is 1.11 bits per heavy atom. The fourth-order valence-corrected chi connectivity index (χ4v) is 2.07. The lowest BCUT2D eigenvalue weighted by Crippen LogP contribution is -2.04. The Kier molecular flexibility index (Phi) is 2.78. The molecule has 4 heteroatoms. The van der Waals surface area contributed by atoms with Crippen LogP contribution in [0.1, 0.15) is 5.56 Å². The molecule has 0 spiro atoms. The van der Waals surface area contributed by atoms with Crippen molar-refractivity contribution < 1.29 is 0 Å². The van der Waals surface area contributed by atoms with Crippen LogP contribution in [0.5, 0.6) is 0 Å². The Bertz CT molecular complexity index is 672. The van der Waals surface area contributed by atoms with Crippen LogP contribution in [0, 0.1) is 0 Å². The van der Waals surface area contributed by atoms with Crippen LogP contribution in [0.25, 0.3) is 16.6 Å². The van der Waals surface area contributed by atoms with Crippen molar-refractivity contribution >= 4 is 10.9 Å². The van der Waals surface area contributed by atoms with Crippen molar-refractivity contribution in [3.05, 3.63) is 54.5 Å². The third kappa shape index (κ3) is 1.87. The Labute approximate surface area is 105 Å². The predicted octanol–water partition coefficient (Wildman–Crippen LogP) is 1.92. The van der Waals surface area contributed by atoms with Gasteiger partial charge in [-0.1, -0.05) is 18.2 Å². The number of para-hydroxylation sites is 1. The van der Waals surface area contributed by atoms with Gasteiger partial charge in [-0.25, -0.2) is 4.68 Å². The molecule has 0 saturated carbocycles. The van der Waals surface area contributed by atoms with E-state index in [0.717, 1.165) is 28.6 Å². The number of fused-ring (bicyclic) bond motifs is 1. The van der Waals surface area contributed by atoms with E-state index in [1.54, 1.807) is 0 Å². The van der Waals surface area contributed by atoms with Crippen LogP contribution in [-0.4, -0.2) is 21.3 Å². The number of aromatic nitrogens is 3. The molecule has 2 N–H and O–H groups in total. The van der Waals surface area contributed by atoms with Gasteiger partial charge in [-0.2, -0.15) is 5.10 Å². The molecular formula is C14H14N4. The molecule has 18 heavy (non-hydrogen) atoms. The smallest absolute Gasteiger partial charge is 0.0838 e. The average molecular weight is 238 g/mol. The van der Waals surface area contributed by atoms with Crippen molar-refractivity contribution in [3.8, 4) is 5.69 Å². The number of benzene rings is 1. The molecule has 2 heterocycles. The van der Waals surface area contributed by atoms with Crippen LogP contribution in [-0.2, 0) is 6.42 Å². The first kappa shape index (κ1) is 10.9. The Morgan fingerprint density at radius 3 is 2.89 bits per heavy atom. The molecule has 0 aliphatic heterocycles. The zero-order chi connectivity index (χ0) is 12.4. The highest BCUT2D eigenvalue weighted by Crippen LogP contribution is 2.17. The molecule has 1 aromatic carbocycles. The van der Waals surface area contributed by atoms with Crippen LogP contribution in [0.15, 0.2) is 48.9 Å². The largest absolute Gasteiger partial charge is 0.330 e. The maximum absolute atomic E-state index is 5.57. The van der Waals surface area contributed by atoms with Gasteiger partial charge in [-0.3, -0.25) is 4.98 Å². The maximum Gasteiger partial charge on any atom is 0.0838 e. The van der Waals surface area contributed by atoms with E-state index in [9.17, 15) is 0 Å². The summed E-state index contributed by atoms with van der Waals surface area (Å²) >= 11 is 0. The van der Waals surface area contributed by atoms with Gasteiger partial charge in [0.2, 0.25) is 0 Å². The Morgan fingerprint density at radius 2 is 2.00 bits per heavy atom. The fraction of sp³-hybridized carbons (Fsp3) is 0.143. The molecule has 0 fully saturated rings. The van der Waals surface area contributed by atoms with Crippen LogP contribution < -0.4 is 5.73 Å². The summed E-state index contributed by atoms with van der Waals surface area (Å²) in [7, 11) is 0. The van der Waals surface area contributed by atoms with Crippen LogP contribution >= 0.6 is 0 Å². The van der Waals surface area contributed by atoms with Crippen LogP contribution in [0.3, 0.4) is 0 Å². The van der Waals surface area contributed by atoms with Gasteiger partial charge in [0.15, 0.2) is 0 Å². The molecule has 0 aliphatic rings. The first-order valence-electron chi connectivity index (χ1n) is 5.95. The topological polar surface area (TPSA) is 56.7 Å². The van der Waals surface area contributed by atoms with Crippen molar-refractivity contribution in [1.29, 1.82) is 0 Å². The summed E-state index contributed by atoms with van der Waals surface area (Å²) in [5.74, 6) is 0. The highest BCUT2D eigenvalue weighted by molar-refractivity contribution is 5.79. The first-order valence-corrected chi connectivity index (χ1v) is 5.95. The second-order valence-electron chi connectivity index (χ2n) is 4.21. The van der Waals surface area contributed by atoms with E-state index >= 15 is 0 Å². The lowest BCUT2D eigenvalue weighted by Gasteiger charge is -2.05. The average Bonchev–Trinajstić information content (AvgIpc) is 2.83. The van der Waals surface area contributed by atoms with Gasteiger partial charge in [0.25, 0.3) is 0 Å². The molecule has 0 amide bonds. The van der Waals surface area contributed by atoms with Gasteiger partial charge in [0.1, 0.15) is 0 Å². The second kappa shape index (κ2) is 4.58. The summed E-state index contributed by atoms with van der Waals surface area (Å²) in [6, 6.07) is 10.2. The first-order chi connectivity index (χ1) is 8.88. The summed E-state index contributed by atoms with van der Waals surface area (Å²) in [6.45, 7) is 0.630. The summed E-state index contributed by atoms with van der Waals surface area (Å²) < 4.78 is 1.91. The Balaban J connectivity index is 2.11. The zero-order valence-corrected chi connectivity index (χ0v) is 9.95. The molecule has 0 aliphatic carbocycles. The highest BCUT2D eigenvalue weighted by Gasteiger charge is 2.04. The summed E-state index contributed by atoms with van der Waals surface area (Å²) in [6.07, 6.45) is 6.37. The molecule has 0 radical (unpaired) electrons. The summed E-state index contributed by atoms with van der Waals surface area (Å²) in [5, 5.41) is 5.54. The fourth-order valence-electron chi connectivity index (χ4n) is 2.07. The van der Waals surface area contributed by atoms with Crippen molar-refractivity contribution in [1.82, 2.24) is 14.8 Å². The van der Waals surface area contributed by atoms with E-state index in [1.807, 2.05) is 35.4 Å². The summed E-state index contributed by atoms with van der Waals surface area (Å²) in [5.41, 5.74) is 8.76. The van der Waals surface area contributed by atoms with Gasteiger partial charge in [0.05, 0.1) is 23.6 Å². The van der Waals surface area contributed by atoms with Gasteiger partial charge in [0, 0.05) is 11.6 Å². The van der Waals surface area contributed by atoms with E-state index < -0.39 is 0 Å². The van der Waals surface area contributed by atoms with Gasteiger partial charge in [-0.15, -0.1) is 0 Å². The van der Waals surface area contributed by atoms with Gasteiger partial charge >= 0.3 is 0 Å². The summed E-state index contributed by atoms with van der Waals surface area (Å²) in [4.78, 5) is 4.25. The Hall–Kier alpha value is -2.20. The lowest BCUT2D eigenvalue weighted by molar-refractivity contribution is 0.889.